The summed E-state index contributed by atoms with van der Waals surface area (Å²) in [5, 5.41) is 2.88. The van der Waals surface area contributed by atoms with Crippen LogP contribution in [0.15, 0.2) is 27.2 Å². The van der Waals surface area contributed by atoms with Crippen molar-refractivity contribution < 1.29 is 18.4 Å². The van der Waals surface area contributed by atoms with Crippen molar-refractivity contribution in [2.75, 3.05) is 37.7 Å². The van der Waals surface area contributed by atoms with Crippen molar-refractivity contribution in [3.63, 3.8) is 0 Å². The highest BCUT2D eigenvalue weighted by atomic mass is 32.2. The van der Waals surface area contributed by atoms with Crippen molar-refractivity contribution in [1.29, 1.82) is 0 Å². The summed E-state index contributed by atoms with van der Waals surface area (Å²) in [6.07, 6.45) is 3.12. The van der Waals surface area contributed by atoms with Gasteiger partial charge < -0.3 is 24.0 Å². The van der Waals surface area contributed by atoms with Crippen LogP contribution >= 0.6 is 11.8 Å². The number of aryl methyl sites for hydroxylation is 1. The van der Waals surface area contributed by atoms with Crippen LogP contribution in [0.25, 0.3) is 0 Å². The van der Waals surface area contributed by atoms with Gasteiger partial charge >= 0.3 is 6.03 Å². The number of piperidine rings is 1. The standard InChI is InChI=1S/C20H26N4O4S/c1-14-17(19(25)23-8-11-29-12-9-23)22-18(28-14)15-4-6-24(7-5-15)20(26)21-13-16-3-2-10-27-16/h2-3,10,15H,4-9,11-13H2,1H3,(H,21,26). The normalized spacial score (nSPS) is 18.1. The van der Waals surface area contributed by atoms with Crippen molar-refractivity contribution in [1.82, 2.24) is 20.1 Å². The minimum atomic E-state index is -0.0951. The van der Waals surface area contributed by atoms with Gasteiger partial charge in [0.05, 0.1) is 12.8 Å². The van der Waals surface area contributed by atoms with Crippen LogP contribution in [0.5, 0.6) is 0 Å². The Morgan fingerprint density at radius 2 is 1.97 bits per heavy atom. The molecule has 0 atom stereocenters. The molecule has 0 radical (unpaired) electrons. The Hall–Kier alpha value is -2.42. The van der Waals surface area contributed by atoms with Crippen molar-refractivity contribution in [2.24, 2.45) is 0 Å². The number of likely N-dealkylation sites (tertiary alicyclic amines) is 1. The number of hydrogen-bond acceptors (Lipinski definition) is 6. The van der Waals surface area contributed by atoms with Crippen LogP contribution in [-0.4, -0.2) is 64.4 Å². The minimum Gasteiger partial charge on any atom is -0.467 e. The van der Waals surface area contributed by atoms with Crippen LogP contribution in [0.1, 0.15) is 46.7 Å². The van der Waals surface area contributed by atoms with E-state index in [1.807, 2.05) is 22.7 Å². The van der Waals surface area contributed by atoms with Gasteiger partial charge in [-0.15, -0.1) is 0 Å². The van der Waals surface area contributed by atoms with Gasteiger partial charge in [-0.3, -0.25) is 4.79 Å². The number of nitrogens with zero attached hydrogens (tertiary/aromatic N) is 3. The van der Waals surface area contributed by atoms with E-state index in [-0.39, 0.29) is 17.9 Å². The van der Waals surface area contributed by atoms with E-state index in [9.17, 15) is 9.59 Å². The molecule has 3 amide bonds. The molecule has 156 valence electrons. The molecule has 2 aromatic heterocycles. The molecule has 1 N–H and O–H groups in total. The van der Waals surface area contributed by atoms with E-state index in [1.165, 1.54) is 0 Å². The summed E-state index contributed by atoms with van der Waals surface area (Å²) in [6, 6.07) is 3.54. The van der Waals surface area contributed by atoms with Crippen molar-refractivity contribution in [3.8, 4) is 0 Å². The first-order valence-electron chi connectivity index (χ1n) is 10.0. The molecule has 2 aliphatic heterocycles. The van der Waals surface area contributed by atoms with Crippen molar-refractivity contribution in [2.45, 2.75) is 32.2 Å². The second kappa shape index (κ2) is 8.94. The van der Waals surface area contributed by atoms with Crippen LogP contribution in [0.2, 0.25) is 0 Å². The lowest BCUT2D eigenvalue weighted by Gasteiger charge is -2.30. The maximum atomic E-state index is 12.8. The molecular weight excluding hydrogens is 392 g/mol. The zero-order chi connectivity index (χ0) is 20.2. The molecule has 2 saturated heterocycles. The summed E-state index contributed by atoms with van der Waals surface area (Å²) in [6.45, 7) is 4.96. The van der Waals surface area contributed by atoms with Gasteiger partial charge in [0.25, 0.3) is 5.91 Å². The maximum absolute atomic E-state index is 12.8. The van der Waals surface area contributed by atoms with Gasteiger partial charge in [-0.2, -0.15) is 11.8 Å². The Bertz CT molecular complexity index is 837. The monoisotopic (exact) mass is 418 g/mol. The van der Waals surface area contributed by atoms with Gasteiger partial charge in [0.1, 0.15) is 11.5 Å². The highest BCUT2D eigenvalue weighted by Gasteiger charge is 2.30. The second-order valence-electron chi connectivity index (χ2n) is 7.36. The predicted molar refractivity (Wildman–Crippen MR) is 109 cm³/mol. The molecule has 0 spiro atoms. The number of thioether (sulfide) groups is 1. The molecule has 4 rings (SSSR count). The van der Waals surface area contributed by atoms with Gasteiger partial charge in [-0.25, -0.2) is 9.78 Å². The molecule has 2 aliphatic rings. The lowest BCUT2D eigenvalue weighted by molar-refractivity contribution is 0.0765. The third-order valence-electron chi connectivity index (χ3n) is 5.44. The first-order chi connectivity index (χ1) is 14.1. The van der Waals surface area contributed by atoms with Crippen LogP contribution in [-0.2, 0) is 6.54 Å². The van der Waals surface area contributed by atoms with E-state index in [1.54, 1.807) is 24.2 Å². The fourth-order valence-corrected chi connectivity index (χ4v) is 4.63. The Labute approximate surface area is 174 Å². The number of rotatable bonds is 4. The van der Waals surface area contributed by atoms with Crippen molar-refractivity contribution in [3.05, 3.63) is 41.5 Å². The Kier molecular flexibility index (Phi) is 6.13. The molecule has 0 bridgehead atoms. The summed E-state index contributed by atoms with van der Waals surface area (Å²) < 4.78 is 11.1. The molecule has 2 aromatic rings. The number of carbonyl (C=O) groups excluding carboxylic acids is 2. The molecule has 0 saturated carbocycles. The number of amides is 3. The largest absolute Gasteiger partial charge is 0.467 e. The van der Waals surface area contributed by atoms with E-state index in [0.717, 1.165) is 43.2 Å². The lowest BCUT2D eigenvalue weighted by atomic mass is 9.97. The molecule has 4 heterocycles. The molecule has 8 nitrogen and oxygen atoms in total. The number of oxazole rings is 1. The third-order valence-corrected chi connectivity index (χ3v) is 6.38. The lowest BCUT2D eigenvalue weighted by Crippen LogP contribution is -2.43. The molecule has 0 aliphatic carbocycles. The predicted octanol–water partition coefficient (Wildman–Crippen LogP) is 2.85. The molecule has 0 aromatic carbocycles. The summed E-state index contributed by atoms with van der Waals surface area (Å²) in [4.78, 5) is 33.3. The number of furan rings is 1. The molecule has 29 heavy (non-hydrogen) atoms. The van der Waals surface area contributed by atoms with E-state index in [2.05, 4.69) is 10.3 Å². The Balaban J connectivity index is 1.31. The zero-order valence-electron chi connectivity index (χ0n) is 16.6. The van der Waals surface area contributed by atoms with Gasteiger partial charge in [0.2, 0.25) is 0 Å². The van der Waals surface area contributed by atoms with Gasteiger partial charge in [0, 0.05) is 43.6 Å². The quantitative estimate of drug-likeness (QED) is 0.821. The number of aromatic nitrogens is 1. The first-order valence-corrected chi connectivity index (χ1v) is 11.2. The number of urea groups is 1. The molecule has 9 heteroatoms. The molecule has 0 unspecified atom stereocenters. The Morgan fingerprint density at radius 3 is 2.66 bits per heavy atom. The highest BCUT2D eigenvalue weighted by molar-refractivity contribution is 7.99. The maximum Gasteiger partial charge on any atom is 0.317 e. The molecule has 2 fully saturated rings. The van der Waals surface area contributed by atoms with Crippen LogP contribution in [0.4, 0.5) is 4.79 Å². The topological polar surface area (TPSA) is 91.8 Å². The zero-order valence-corrected chi connectivity index (χ0v) is 17.4. The average molecular weight is 419 g/mol. The SMILES string of the molecule is Cc1oc(C2CCN(C(=O)NCc3ccco3)CC2)nc1C(=O)N1CCSCC1. The average Bonchev–Trinajstić information content (AvgIpc) is 3.42. The fourth-order valence-electron chi connectivity index (χ4n) is 3.72. The number of hydrogen-bond donors (Lipinski definition) is 1. The highest BCUT2D eigenvalue weighted by Crippen LogP contribution is 2.29. The summed E-state index contributed by atoms with van der Waals surface area (Å²) in [5.74, 6) is 3.96. The van der Waals surface area contributed by atoms with E-state index in [4.69, 9.17) is 8.83 Å². The van der Waals surface area contributed by atoms with Crippen LogP contribution in [0.3, 0.4) is 0 Å². The van der Waals surface area contributed by atoms with E-state index >= 15 is 0 Å². The van der Waals surface area contributed by atoms with Gasteiger partial charge in [-0.05, 0) is 31.9 Å². The summed E-state index contributed by atoms with van der Waals surface area (Å²) >= 11 is 1.87. The second-order valence-corrected chi connectivity index (χ2v) is 8.59. The summed E-state index contributed by atoms with van der Waals surface area (Å²) in [7, 11) is 0. The van der Waals surface area contributed by atoms with Gasteiger partial charge in [0.15, 0.2) is 11.6 Å². The van der Waals surface area contributed by atoms with Crippen LogP contribution < -0.4 is 5.32 Å². The smallest absolute Gasteiger partial charge is 0.317 e. The number of carbonyl (C=O) groups is 2. The summed E-state index contributed by atoms with van der Waals surface area (Å²) in [5.41, 5.74) is 0.436. The molecular formula is C20H26N4O4S. The van der Waals surface area contributed by atoms with Gasteiger partial charge in [-0.1, -0.05) is 0 Å². The Morgan fingerprint density at radius 1 is 1.21 bits per heavy atom. The van der Waals surface area contributed by atoms with Crippen LogP contribution in [0, 0.1) is 6.92 Å². The van der Waals surface area contributed by atoms with E-state index in [0.29, 0.717) is 37.0 Å². The number of nitrogens with one attached hydrogen (secondary N) is 1. The van der Waals surface area contributed by atoms with Crippen molar-refractivity contribution >= 4 is 23.7 Å². The first kappa shape index (κ1) is 19.9. The van der Waals surface area contributed by atoms with E-state index < -0.39 is 0 Å². The third kappa shape index (κ3) is 4.60. The minimum absolute atomic E-state index is 0.0347. The fraction of sp³-hybridized carbons (Fsp3) is 0.550.